The molecule has 0 aromatic heterocycles. The number of esters is 3. The molecule has 396 valence electrons. The molecule has 0 radical (unpaired) electrons. The van der Waals surface area contributed by atoms with E-state index in [1.54, 1.807) is 0 Å². The Balaban J connectivity index is 4.05. The molecule has 0 aromatic rings. The average molecular weight is 970 g/mol. The molecule has 0 N–H and O–H groups in total. The lowest BCUT2D eigenvalue weighted by molar-refractivity contribution is -0.166. The normalized spacial score (nSPS) is 13.0. The highest BCUT2D eigenvalue weighted by Crippen LogP contribution is 2.15. The van der Waals surface area contributed by atoms with Crippen molar-refractivity contribution >= 4 is 17.9 Å². The zero-order valence-corrected chi connectivity index (χ0v) is 45.2. The lowest BCUT2D eigenvalue weighted by Crippen LogP contribution is -2.30. The number of ether oxygens (including phenoxy) is 3. The highest BCUT2D eigenvalue weighted by Gasteiger charge is 2.19. The highest BCUT2D eigenvalue weighted by atomic mass is 16.6. The van der Waals surface area contributed by atoms with Gasteiger partial charge in [0.25, 0.3) is 0 Å². The van der Waals surface area contributed by atoms with Crippen LogP contribution in [0.4, 0.5) is 0 Å². The van der Waals surface area contributed by atoms with Gasteiger partial charge in [0.05, 0.1) is 0 Å². The molecule has 0 bridgehead atoms. The Kier molecular flexibility index (Phi) is 54.0. The van der Waals surface area contributed by atoms with Crippen LogP contribution in [0.3, 0.4) is 0 Å². The van der Waals surface area contributed by atoms with Crippen LogP contribution in [0.25, 0.3) is 0 Å². The van der Waals surface area contributed by atoms with Crippen LogP contribution < -0.4 is 0 Å². The molecule has 0 fully saturated rings. The van der Waals surface area contributed by atoms with Crippen molar-refractivity contribution < 1.29 is 28.6 Å². The van der Waals surface area contributed by atoms with Gasteiger partial charge in [-0.1, -0.05) is 251 Å². The lowest BCUT2D eigenvalue weighted by atomic mass is 10.0. The summed E-state index contributed by atoms with van der Waals surface area (Å²) in [4.78, 5) is 37.7. The van der Waals surface area contributed by atoms with Crippen LogP contribution in [-0.2, 0) is 28.6 Å². The first-order chi connectivity index (χ1) is 34.5. The number of allylic oxidation sites excluding steroid dienone is 20. The van der Waals surface area contributed by atoms with E-state index in [1.807, 2.05) is 12.2 Å². The van der Waals surface area contributed by atoms with Crippen molar-refractivity contribution in [1.82, 2.24) is 0 Å². The maximum absolute atomic E-state index is 12.7. The molecule has 0 aromatic carbocycles. The Hall–Kier alpha value is -4.19. The quantitative estimate of drug-likeness (QED) is 0.0262. The topological polar surface area (TPSA) is 78.9 Å². The first kappa shape index (κ1) is 65.8. The van der Waals surface area contributed by atoms with Gasteiger partial charge < -0.3 is 14.2 Å². The monoisotopic (exact) mass is 969 g/mol. The summed E-state index contributed by atoms with van der Waals surface area (Å²) >= 11 is 0. The SMILES string of the molecule is CC/C=C\C/C=C\C/C=C\C/C=C\C/C=C\C/C=C\CCCCCCCCCCCCCCCCC(=O)OCC(COC(=O)CCCCCCCC)OC(=O)CC/C=C\C/C=C\C/C=C\C/C=C\CC. The second kappa shape index (κ2) is 57.4. The van der Waals surface area contributed by atoms with Crippen molar-refractivity contribution in [3.63, 3.8) is 0 Å². The lowest BCUT2D eigenvalue weighted by Gasteiger charge is -2.18. The maximum Gasteiger partial charge on any atom is 0.306 e. The number of carbonyl (C=O) groups excluding carboxylic acids is 3. The van der Waals surface area contributed by atoms with Crippen molar-refractivity contribution in [1.29, 1.82) is 0 Å². The van der Waals surface area contributed by atoms with Crippen LogP contribution in [0.2, 0.25) is 0 Å². The van der Waals surface area contributed by atoms with E-state index >= 15 is 0 Å². The Morgan fingerprint density at radius 3 is 0.929 bits per heavy atom. The Labute approximate surface area is 431 Å². The number of hydrogen-bond acceptors (Lipinski definition) is 6. The zero-order valence-electron chi connectivity index (χ0n) is 45.2. The minimum absolute atomic E-state index is 0.107. The van der Waals surface area contributed by atoms with Crippen molar-refractivity contribution in [2.75, 3.05) is 13.2 Å². The van der Waals surface area contributed by atoms with E-state index in [4.69, 9.17) is 14.2 Å². The van der Waals surface area contributed by atoms with Gasteiger partial charge in [-0.05, 0) is 96.3 Å². The van der Waals surface area contributed by atoms with Gasteiger partial charge in [-0.25, -0.2) is 0 Å². The van der Waals surface area contributed by atoms with Crippen LogP contribution in [0, 0.1) is 0 Å². The third-order valence-electron chi connectivity index (χ3n) is 11.7. The first-order valence-corrected chi connectivity index (χ1v) is 28.5. The fourth-order valence-corrected chi connectivity index (χ4v) is 7.52. The first-order valence-electron chi connectivity index (χ1n) is 28.5. The number of hydrogen-bond donors (Lipinski definition) is 0. The fraction of sp³-hybridized carbons (Fsp3) is 0.641. The van der Waals surface area contributed by atoms with E-state index in [0.717, 1.165) is 103 Å². The van der Waals surface area contributed by atoms with E-state index in [2.05, 4.69) is 130 Å². The van der Waals surface area contributed by atoms with E-state index in [9.17, 15) is 14.4 Å². The maximum atomic E-state index is 12.7. The van der Waals surface area contributed by atoms with E-state index in [-0.39, 0.29) is 31.6 Å². The van der Waals surface area contributed by atoms with Gasteiger partial charge in [0, 0.05) is 19.3 Å². The van der Waals surface area contributed by atoms with Crippen molar-refractivity contribution in [3.8, 4) is 0 Å². The summed E-state index contributed by atoms with van der Waals surface area (Å²) in [6.45, 7) is 6.27. The molecule has 1 unspecified atom stereocenters. The second-order valence-corrected chi connectivity index (χ2v) is 18.4. The molecule has 6 nitrogen and oxygen atoms in total. The summed E-state index contributed by atoms with van der Waals surface area (Å²) in [6, 6.07) is 0. The predicted molar refractivity (Wildman–Crippen MR) is 302 cm³/mol. The molecule has 0 saturated carbocycles. The smallest absolute Gasteiger partial charge is 0.306 e. The summed E-state index contributed by atoms with van der Waals surface area (Å²) < 4.78 is 16.6. The van der Waals surface area contributed by atoms with Crippen LogP contribution in [0.1, 0.15) is 245 Å². The molecule has 6 heteroatoms. The average Bonchev–Trinajstić information content (AvgIpc) is 3.36. The molecule has 70 heavy (non-hydrogen) atoms. The molecule has 0 aliphatic carbocycles. The van der Waals surface area contributed by atoms with Gasteiger partial charge in [-0.15, -0.1) is 0 Å². The van der Waals surface area contributed by atoms with Gasteiger partial charge in [-0.3, -0.25) is 14.4 Å². The molecule has 0 spiro atoms. The van der Waals surface area contributed by atoms with Crippen molar-refractivity contribution in [2.45, 2.75) is 252 Å². The van der Waals surface area contributed by atoms with Crippen molar-refractivity contribution in [3.05, 3.63) is 122 Å². The van der Waals surface area contributed by atoms with Crippen LogP contribution >= 0.6 is 0 Å². The minimum Gasteiger partial charge on any atom is -0.462 e. The summed E-state index contributed by atoms with van der Waals surface area (Å²) in [7, 11) is 0. The summed E-state index contributed by atoms with van der Waals surface area (Å²) in [5, 5.41) is 0. The third kappa shape index (κ3) is 54.7. The Morgan fingerprint density at radius 2 is 0.586 bits per heavy atom. The predicted octanol–water partition coefficient (Wildman–Crippen LogP) is 19.3. The summed E-state index contributed by atoms with van der Waals surface area (Å²) in [5.74, 6) is -1.00. The minimum atomic E-state index is -0.813. The van der Waals surface area contributed by atoms with Crippen LogP contribution in [0.15, 0.2) is 122 Å². The standard InChI is InChI=1S/C64H104O6/c1-4-7-10-13-16-18-20-22-23-24-25-26-27-28-29-30-31-32-33-34-35-36-37-38-39-40-41-43-44-46-48-51-54-57-63(66)69-60-61(59-68-62(65)56-53-50-15-12-9-6-3)70-64(67)58-55-52-49-47-45-42-21-19-17-14-11-8-5-2/h7-8,10-11,16-19,22-23,25-26,28-29,31-32,42,45,49,52,61H,4-6,9,12-15,20-21,24,27,30,33-41,43-44,46-48,50-51,53-60H2,1-3H3/b10-7-,11-8-,18-16-,19-17-,23-22-,26-25-,29-28-,32-31-,45-42-,52-49-. The molecule has 0 aliphatic heterocycles. The molecule has 1 atom stereocenters. The van der Waals surface area contributed by atoms with Crippen LogP contribution in [-0.4, -0.2) is 37.2 Å². The van der Waals surface area contributed by atoms with Crippen molar-refractivity contribution in [2.24, 2.45) is 0 Å². The van der Waals surface area contributed by atoms with E-state index in [0.29, 0.717) is 19.3 Å². The number of unbranched alkanes of at least 4 members (excludes halogenated alkanes) is 19. The van der Waals surface area contributed by atoms with Gasteiger partial charge in [0.1, 0.15) is 13.2 Å². The van der Waals surface area contributed by atoms with Gasteiger partial charge in [0.2, 0.25) is 0 Å². The molecule has 0 aliphatic rings. The number of carbonyl (C=O) groups is 3. The van der Waals surface area contributed by atoms with E-state index in [1.165, 1.54) is 96.3 Å². The molecular formula is C64H104O6. The van der Waals surface area contributed by atoms with Crippen LogP contribution in [0.5, 0.6) is 0 Å². The van der Waals surface area contributed by atoms with E-state index < -0.39 is 12.1 Å². The largest absolute Gasteiger partial charge is 0.462 e. The molecule has 0 rings (SSSR count). The van der Waals surface area contributed by atoms with Gasteiger partial charge >= 0.3 is 17.9 Å². The molecule has 0 amide bonds. The second-order valence-electron chi connectivity index (χ2n) is 18.4. The Morgan fingerprint density at radius 1 is 0.300 bits per heavy atom. The fourth-order valence-electron chi connectivity index (χ4n) is 7.52. The third-order valence-corrected chi connectivity index (χ3v) is 11.7. The summed E-state index contributed by atoms with van der Waals surface area (Å²) in [5.41, 5.74) is 0. The molecular weight excluding hydrogens is 865 g/mol. The van der Waals surface area contributed by atoms with Gasteiger partial charge in [-0.2, -0.15) is 0 Å². The van der Waals surface area contributed by atoms with Gasteiger partial charge in [0.15, 0.2) is 6.10 Å². The summed E-state index contributed by atoms with van der Waals surface area (Å²) in [6.07, 6.45) is 79.7. The number of rotatable bonds is 50. The highest BCUT2D eigenvalue weighted by molar-refractivity contribution is 5.71. The zero-order chi connectivity index (χ0) is 50.7. The Bertz CT molecular complexity index is 1490. The molecule has 0 heterocycles. The molecule has 0 saturated heterocycles.